The number of phenolic OH excluding ortho intramolecular Hbond substituents is 1. The van der Waals surface area contributed by atoms with E-state index in [0.29, 0.717) is 0 Å². The number of hydrogen-bond acceptors (Lipinski definition) is 4. The number of benzene rings is 1. The molecule has 1 rings (SSSR count). The van der Waals surface area contributed by atoms with Crippen molar-refractivity contribution in [2.75, 3.05) is 0 Å². The average molecular weight is 293 g/mol. The summed E-state index contributed by atoms with van der Waals surface area (Å²) in [6.07, 6.45) is 1.03. The first-order valence-electron chi connectivity index (χ1n) is 6.98. The number of amides is 2. The van der Waals surface area contributed by atoms with Crippen molar-refractivity contribution in [2.24, 2.45) is 17.4 Å². The summed E-state index contributed by atoms with van der Waals surface area (Å²) in [5.41, 5.74) is 11.9. The number of nitrogens with one attached hydrogen (secondary N) is 1. The van der Waals surface area contributed by atoms with E-state index in [9.17, 15) is 14.7 Å². The van der Waals surface area contributed by atoms with Crippen molar-refractivity contribution in [1.82, 2.24) is 5.32 Å². The van der Waals surface area contributed by atoms with Crippen LogP contribution in [0, 0.1) is 5.92 Å². The van der Waals surface area contributed by atoms with Gasteiger partial charge in [-0.2, -0.15) is 0 Å². The largest absolute Gasteiger partial charge is 0.508 e. The molecule has 0 saturated heterocycles. The molecule has 6 N–H and O–H groups in total. The highest BCUT2D eigenvalue weighted by molar-refractivity contribution is 5.89. The van der Waals surface area contributed by atoms with Gasteiger partial charge in [-0.15, -0.1) is 0 Å². The maximum atomic E-state index is 12.0. The van der Waals surface area contributed by atoms with Gasteiger partial charge in [0.25, 0.3) is 0 Å². The van der Waals surface area contributed by atoms with Crippen molar-refractivity contribution in [1.29, 1.82) is 0 Å². The fraction of sp³-hybridized carbons (Fsp3) is 0.467. The normalized spacial score (nSPS) is 15.0. The van der Waals surface area contributed by atoms with E-state index in [1.165, 1.54) is 12.1 Å². The van der Waals surface area contributed by atoms with Crippen molar-refractivity contribution in [3.05, 3.63) is 29.8 Å². The van der Waals surface area contributed by atoms with E-state index in [4.69, 9.17) is 11.5 Å². The Morgan fingerprint density at radius 2 is 1.86 bits per heavy atom. The van der Waals surface area contributed by atoms with E-state index in [1.54, 1.807) is 12.1 Å². The van der Waals surface area contributed by atoms with Gasteiger partial charge in [0.05, 0.1) is 6.04 Å². The Bertz CT molecular complexity index is 487. The van der Waals surface area contributed by atoms with E-state index in [1.807, 2.05) is 13.8 Å². The zero-order chi connectivity index (χ0) is 16.0. The van der Waals surface area contributed by atoms with Crippen molar-refractivity contribution in [2.45, 2.75) is 38.8 Å². The summed E-state index contributed by atoms with van der Waals surface area (Å²) < 4.78 is 0. The maximum absolute atomic E-state index is 12.0. The van der Waals surface area contributed by atoms with E-state index in [2.05, 4.69) is 5.32 Å². The molecule has 0 radical (unpaired) electrons. The lowest BCUT2D eigenvalue weighted by Crippen LogP contribution is -2.53. The van der Waals surface area contributed by atoms with Crippen LogP contribution in [0.1, 0.15) is 25.8 Å². The van der Waals surface area contributed by atoms with E-state index >= 15 is 0 Å². The average Bonchev–Trinajstić information content (AvgIpc) is 2.46. The van der Waals surface area contributed by atoms with Gasteiger partial charge in [-0.25, -0.2) is 0 Å². The summed E-state index contributed by atoms with van der Waals surface area (Å²) in [4.78, 5) is 23.5. The lowest BCUT2D eigenvalue weighted by atomic mass is 9.98. The molecule has 6 nitrogen and oxygen atoms in total. The van der Waals surface area contributed by atoms with Crippen molar-refractivity contribution >= 4 is 11.8 Å². The minimum Gasteiger partial charge on any atom is -0.508 e. The summed E-state index contributed by atoms with van der Waals surface area (Å²) in [5, 5.41) is 11.8. The number of nitrogens with two attached hydrogens (primary N) is 2. The van der Waals surface area contributed by atoms with Gasteiger partial charge in [0.2, 0.25) is 11.8 Å². The highest BCUT2D eigenvalue weighted by Gasteiger charge is 2.24. The van der Waals surface area contributed by atoms with Crippen LogP contribution < -0.4 is 16.8 Å². The fourth-order valence-electron chi connectivity index (χ4n) is 1.87. The third-order valence-electron chi connectivity index (χ3n) is 3.60. The monoisotopic (exact) mass is 293 g/mol. The zero-order valence-electron chi connectivity index (χ0n) is 12.4. The molecular weight excluding hydrogens is 270 g/mol. The smallest absolute Gasteiger partial charge is 0.240 e. The number of rotatable bonds is 7. The third kappa shape index (κ3) is 5.07. The Morgan fingerprint density at radius 3 is 2.33 bits per heavy atom. The van der Waals surface area contributed by atoms with Gasteiger partial charge in [-0.05, 0) is 23.6 Å². The van der Waals surface area contributed by atoms with Crippen LogP contribution >= 0.6 is 0 Å². The molecule has 0 aliphatic heterocycles. The van der Waals surface area contributed by atoms with Gasteiger partial charge < -0.3 is 21.9 Å². The van der Waals surface area contributed by atoms with Gasteiger partial charge in [-0.1, -0.05) is 32.4 Å². The Labute approximate surface area is 124 Å². The Hall–Kier alpha value is -2.08. The minimum absolute atomic E-state index is 0.0206. The molecule has 0 spiro atoms. The molecule has 0 fully saturated rings. The molecule has 0 saturated carbocycles. The second-order valence-electron chi connectivity index (χ2n) is 5.25. The zero-order valence-corrected chi connectivity index (χ0v) is 12.4. The first-order valence-corrected chi connectivity index (χ1v) is 6.98. The molecule has 0 aromatic heterocycles. The summed E-state index contributed by atoms with van der Waals surface area (Å²) in [5.74, 6) is -0.843. The van der Waals surface area contributed by atoms with Crippen LogP contribution in [-0.2, 0) is 16.0 Å². The van der Waals surface area contributed by atoms with Crippen LogP contribution in [-0.4, -0.2) is 29.0 Å². The Balaban J connectivity index is 2.72. The molecular formula is C15H23N3O3. The molecule has 1 aromatic rings. The molecule has 2 amide bonds. The Morgan fingerprint density at radius 1 is 1.29 bits per heavy atom. The van der Waals surface area contributed by atoms with Crippen LogP contribution in [0.25, 0.3) is 0 Å². The fourth-order valence-corrected chi connectivity index (χ4v) is 1.87. The second-order valence-corrected chi connectivity index (χ2v) is 5.25. The third-order valence-corrected chi connectivity index (χ3v) is 3.60. The number of aromatic hydroxyl groups is 1. The molecule has 1 aromatic carbocycles. The van der Waals surface area contributed by atoms with Crippen LogP contribution in [0.3, 0.4) is 0 Å². The molecule has 3 unspecified atom stereocenters. The lowest BCUT2D eigenvalue weighted by molar-refractivity contribution is -0.128. The Kier molecular flexibility index (Phi) is 6.17. The van der Waals surface area contributed by atoms with E-state index < -0.39 is 18.0 Å². The van der Waals surface area contributed by atoms with Crippen LogP contribution in [0.2, 0.25) is 0 Å². The van der Waals surface area contributed by atoms with Gasteiger partial charge in [0, 0.05) is 6.42 Å². The van der Waals surface area contributed by atoms with Crippen LogP contribution in [0.5, 0.6) is 5.75 Å². The minimum atomic E-state index is -0.822. The molecule has 0 aliphatic carbocycles. The van der Waals surface area contributed by atoms with E-state index in [-0.39, 0.29) is 24.0 Å². The van der Waals surface area contributed by atoms with Crippen LogP contribution in [0.4, 0.5) is 0 Å². The van der Waals surface area contributed by atoms with Gasteiger partial charge in [0.15, 0.2) is 0 Å². The van der Waals surface area contributed by atoms with Crippen LogP contribution in [0.15, 0.2) is 24.3 Å². The topological polar surface area (TPSA) is 118 Å². The predicted octanol–water partition coefficient (Wildman–Crippen LogP) is 0.278. The summed E-state index contributed by atoms with van der Waals surface area (Å²) in [6, 6.07) is 4.88. The van der Waals surface area contributed by atoms with Gasteiger partial charge >= 0.3 is 0 Å². The predicted molar refractivity (Wildman–Crippen MR) is 80.4 cm³/mol. The molecule has 0 bridgehead atoms. The molecule has 0 aliphatic rings. The second kappa shape index (κ2) is 7.64. The summed E-state index contributed by atoms with van der Waals surface area (Å²) >= 11 is 0. The van der Waals surface area contributed by atoms with Crippen molar-refractivity contribution in [3.63, 3.8) is 0 Å². The molecule has 3 atom stereocenters. The molecule has 21 heavy (non-hydrogen) atoms. The standard InChI is InChI=1S/C15H23N3O3/c1-3-9(2)13(16)15(21)18-12(14(17)20)8-10-4-6-11(19)7-5-10/h4-7,9,12-13,19H,3,8,16H2,1-2H3,(H2,17,20)(H,18,21). The number of primary amides is 1. The number of phenols is 1. The molecule has 6 heteroatoms. The van der Waals surface area contributed by atoms with E-state index in [0.717, 1.165) is 12.0 Å². The lowest BCUT2D eigenvalue weighted by Gasteiger charge is -2.21. The maximum Gasteiger partial charge on any atom is 0.240 e. The number of hydrogen-bond donors (Lipinski definition) is 4. The van der Waals surface area contributed by atoms with Gasteiger partial charge in [0.1, 0.15) is 11.8 Å². The quantitative estimate of drug-likeness (QED) is 0.577. The first kappa shape index (κ1) is 17.0. The number of carbonyl (C=O) groups is 2. The highest BCUT2D eigenvalue weighted by Crippen LogP contribution is 2.12. The first-order chi connectivity index (χ1) is 9.85. The molecule has 0 heterocycles. The van der Waals surface area contributed by atoms with Crippen molar-refractivity contribution in [3.8, 4) is 5.75 Å². The SMILES string of the molecule is CCC(C)C(N)C(=O)NC(Cc1ccc(O)cc1)C(N)=O. The van der Waals surface area contributed by atoms with Crippen molar-refractivity contribution < 1.29 is 14.7 Å². The summed E-state index contributed by atoms with van der Waals surface area (Å²) in [6.45, 7) is 3.82. The summed E-state index contributed by atoms with van der Waals surface area (Å²) in [7, 11) is 0. The highest BCUT2D eigenvalue weighted by atomic mass is 16.3. The van der Waals surface area contributed by atoms with Gasteiger partial charge in [-0.3, -0.25) is 9.59 Å². The molecule has 116 valence electrons. The number of carbonyl (C=O) groups excluding carboxylic acids is 2.